The zero-order chi connectivity index (χ0) is 17.8. The Kier molecular flexibility index (Phi) is 5.73. The van der Waals surface area contributed by atoms with E-state index in [0.29, 0.717) is 36.8 Å². The molecule has 1 aromatic carbocycles. The highest BCUT2D eigenvalue weighted by atomic mass is 35.5. The number of rotatable bonds is 5. The highest BCUT2D eigenvalue weighted by molar-refractivity contribution is 6.30. The predicted octanol–water partition coefficient (Wildman–Crippen LogP) is 1.58. The first-order valence-corrected chi connectivity index (χ1v) is 8.88. The Bertz CT molecular complexity index is 729. The van der Waals surface area contributed by atoms with Gasteiger partial charge in [0.05, 0.1) is 30.5 Å². The van der Waals surface area contributed by atoms with Crippen molar-refractivity contribution in [2.24, 2.45) is 11.7 Å². The number of halogens is 1. The fourth-order valence-electron chi connectivity index (χ4n) is 3.22. The first kappa shape index (κ1) is 17.9. The third-order valence-electron chi connectivity index (χ3n) is 4.57. The van der Waals surface area contributed by atoms with E-state index in [1.165, 1.54) is 0 Å². The number of carbonyl (C=O) groups excluding carboxylic acids is 1. The van der Waals surface area contributed by atoms with E-state index in [4.69, 9.17) is 17.3 Å². The maximum absolute atomic E-state index is 13.0. The molecule has 1 aliphatic rings. The molecule has 0 fully saturated rings. The molecular weight excluding hydrogens is 340 g/mol. The van der Waals surface area contributed by atoms with E-state index in [2.05, 4.69) is 5.10 Å². The van der Waals surface area contributed by atoms with Crippen LogP contribution in [0.15, 0.2) is 30.3 Å². The minimum atomic E-state index is -0.257. The number of nitrogens with zero attached hydrogens (tertiary/aromatic N) is 3. The topological polar surface area (TPSA) is 84.4 Å². The van der Waals surface area contributed by atoms with Gasteiger partial charge in [-0.3, -0.25) is 9.48 Å². The van der Waals surface area contributed by atoms with Crippen molar-refractivity contribution >= 4 is 17.5 Å². The molecule has 1 aromatic heterocycles. The van der Waals surface area contributed by atoms with E-state index in [1.807, 2.05) is 39.9 Å². The van der Waals surface area contributed by atoms with Gasteiger partial charge in [-0.25, -0.2) is 0 Å². The smallest absolute Gasteiger partial charge is 0.227 e. The first-order chi connectivity index (χ1) is 12.1. The standard InChI is InChI=1S/C18H23ClN4O2/c19-15-4-2-13(3-5-15)8-14(10-20)18(25)22-6-1-7-23-17(11-22)9-16(12-24)21-23/h2-5,9,14,24H,1,6-8,10-12,20H2. The molecule has 0 saturated heterocycles. The third kappa shape index (κ3) is 4.21. The lowest BCUT2D eigenvalue weighted by atomic mass is 9.97. The van der Waals surface area contributed by atoms with Gasteiger partial charge < -0.3 is 15.7 Å². The molecule has 134 valence electrons. The number of nitrogens with two attached hydrogens (primary N) is 1. The van der Waals surface area contributed by atoms with Gasteiger partial charge in [-0.2, -0.15) is 5.10 Å². The summed E-state index contributed by atoms with van der Waals surface area (Å²) in [5, 5.41) is 14.3. The molecule has 0 bridgehead atoms. The summed E-state index contributed by atoms with van der Waals surface area (Å²) in [7, 11) is 0. The Hall–Kier alpha value is -1.89. The van der Waals surface area contributed by atoms with Crippen LogP contribution < -0.4 is 5.73 Å². The van der Waals surface area contributed by atoms with Crippen LogP contribution in [0.25, 0.3) is 0 Å². The van der Waals surface area contributed by atoms with Gasteiger partial charge >= 0.3 is 0 Å². The second-order valence-electron chi connectivity index (χ2n) is 6.38. The SMILES string of the molecule is NCC(Cc1ccc(Cl)cc1)C(=O)N1CCCn2nc(CO)cc2C1. The van der Waals surface area contributed by atoms with Crippen LogP contribution in [0.4, 0.5) is 0 Å². The Morgan fingerprint density at radius 3 is 2.76 bits per heavy atom. The molecule has 1 unspecified atom stereocenters. The van der Waals surface area contributed by atoms with Crippen LogP contribution in [0.3, 0.4) is 0 Å². The molecule has 2 aromatic rings. The summed E-state index contributed by atoms with van der Waals surface area (Å²) in [5.41, 5.74) is 8.54. The van der Waals surface area contributed by atoms with Crippen molar-refractivity contribution < 1.29 is 9.90 Å². The van der Waals surface area contributed by atoms with Crippen LogP contribution in [0.1, 0.15) is 23.4 Å². The number of amides is 1. The lowest BCUT2D eigenvalue weighted by Gasteiger charge is -2.25. The number of carbonyl (C=O) groups is 1. The van der Waals surface area contributed by atoms with Crippen LogP contribution in [0.5, 0.6) is 0 Å². The molecular formula is C18H23ClN4O2. The predicted molar refractivity (Wildman–Crippen MR) is 95.9 cm³/mol. The summed E-state index contributed by atoms with van der Waals surface area (Å²) in [6.07, 6.45) is 1.44. The quantitative estimate of drug-likeness (QED) is 0.845. The number of aryl methyl sites for hydroxylation is 1. The molecule has 1 atom stereocenters. The summed E-state index contributed by atoms with van der Waals surface area (Å²) in [6.45, 7) is 2.16. The first-order valence-electron chi connectivity index (χ1n) is 8.50. The van der Waals surface area contributed by atoms with Crippen LogP contribution in [-0.4, -0.2) is 38.8 Å². The number of aliphatic hydroxyl groups excluding tert-OH is 1. The van der Waals surface area contributed by atoms with E-state index in [-0.39, 0.29) is 18.4 Å². The highest BCUT2D eigenvalue weighted by Crippen LogP contribution is 2.19. The monoisotopic (exact) mass is 362 g/mol. The number of aromatic nitrogens is 2. The van der Waals surface area contributed by atoms with Gasteiger partial charge in [0.15, 0.2) is 0 Å². The molecule has 0 radical (unpaired) electrons. The summed E-state index contributed by atoms with van der Waals surface area (Å²) < 4.78 is 1.88. The Morgan fingerprint density at radius 2 is 2.08 bits per heavy atom. The van der Waals surface area contributed by atoms with Crippen LogP contribution in [-0.2, 0) is 30.9 Å². The maximum Gasteiger partial charge on any atom is 0.227 e. The third-order valence-corrected chi connectivity index (χ3v) is 4.82. The van der Waals surface area contributed by atoms with Gasteiger partial charge in [-0.15, -0.1) is 0 Å². The van der Waals surface area contributed by atoms with Crippen LogP contribution >= 0.6 is 11.6 Å². The summed E-state index contributed by atoms with van der Waals surface area (Å²) >= 11 is 5.92. The van der Waals surface area contributed by atoms with Gasteiger partial charge in [0.25, 0.3) is 0 Å². The number of aliphatic hydroxyl groups is 1. The normalized spacial score (nSPS) is 15.6. The maximum atomic E-state index is 13.0. The molecule has 0 spiro atoms. The molecule has 0 aliphatic carbocycles. The Balaban J connectivity index is 1.72. The molecule has 3 rings (SSSR count). The Morgan fingerprint density at radius 1 is 1.32 bits per heavy atom. The molecule has 0 saturated carbocycles. The van der Waals surface area contributed by atoms with Crippen molar-refractivity contribution in [3.05, 3.63) is 52.3 Å². The minimum Gasteiger partial charge on any atom is -0.390 e. The summed E-state index contributed by atoms with van der Waals surface area (Å²) in [4.78, 5) is 14.8. The lowest BCUT2D eigenvalue weighted by molar-refractivity contribution is -0.135. The van der Waals surface area contributed by atoms with Gasteiger partial charge in [0.1, 0.15) is 0 Å². The van der Waals surface area contributed by atoms with Crippen LogP contribution in [0.2, 0.25) is 5.02 Å². The Labute approximate surface area is 152 Å². The number of benzene rings is 1. The molecule has 1 aliphatic heterocycles. The summed E-state index contributed by atoms with van der Waals surface area (Å²) in [5.74, 6) is -0.189. The lowest BCUT2D eigenvalue weighted by Crippen LogP contribution is -2.39. The second-order valence-corrected chi connectivity index (χ2v) is 6.82. The van der Waals surface area contributed by atoms with Gasteiger partial charge in [0.2, 0.25) is 5.91 Å². The average Bonchev–Trinajstić information content (AvgIpc) is 2.91. The fourth-order valence-corrected chi connectivity index (χ4v) is 3.35. The van der Waals surface area contributed by atoms with Crippen molar-refractivity contribution in [3.8, 4) is 0 Å². The molecule has 7 heteroatoms. The number of hydrogen-bond acceptors (Lipinski definition) is 4. The van der Waals surface area contributed by atoms with E-state index in [9.17, 15) is 9.90 Å². The second kappa shape index (κ2) is 7.99. The highest BCUT2D eigenvalue weighted by Gasteiger charge is 2.26. The number of hydrogen-bond donors (Lipinski definition) is 2. The van der Waals surface area contributed by atoms with Gasteiger partial charge in [-0.05, 0) is 36.6 Å². The molecule has 2 heterocycles. The van der Waals surface area contributed by atoms with E-state index in [1.54, 1.807) is 0 Å². The molecule has 6 nitrogen and oxygen atoms in total. The molecule has 1 amide bonds. The fraction of sp³-hybridized carbons (Fsp3) is 0.444. The molecule has 25 heavy (non-hydrogen) atoms. The van der Waals surface area contributed by atoms with Crippen molar-refractivity contribution in [2.75, 3.05) is 13.1 Å². The van der Waals surface area contributed by atoms with Crippen molar-refractivity contribution in [3.63, 3.8) is 0 Å². The largest absolute Gasteiger partial charge is 0.390 e. The van der Waals surface area contributed by atoms with Crippen molar-refractivity contribution in [1.29, 1.82) is 0 Å². The van der Waals surface area contributed by atoms with Gasteiger partial charge in [-0.1, -0.05) is 23.7 Å². The minimum absolute atomic E-state index is 0.0673. The molecule has 3 N–H and O–H groups in total. The number of fused-ring (bicyclic) bond motifs is 1. The average molecular weight is 363 g/mol. The van der Waals surface area contributed by atoms with E-state index < -0.39 is 0 Å². The van der Waals surface area contributed by atoms with Crippen LogP contribution in [0, 0.1) is 5.92 Å². The summed E-state index contributed by atoms with van der Waals surface area (Å²) in [6, 6.07) is 9.39. The zero-order valence-corrected chi connectivity index (χ0v) is 14.8. The van der Waals surface area contributed by atoms with Gasteiger partial charge in [0, 0.05) is 24.7 Å². The zero-order valence-electron chi connectivity index (χ0n) is 14.1. The van der Waals surface area contributed by atoms with Crippen molar-refractivity contribution in [2.45, 2.75) is 32.5 Å². The van der Waals surface area contributed by atoms with E-state index in [0.717, 1.165) is 24.2 Å². The van der Waals surface area contributed by atoms with Crippen molar-refractivity contribution in [1.82, 2.24) is 14.7 Å². The van der Waals surface area contributed by atoms with E-state index >= 15 is 0 Å².